The van der Waals surface area contributed by atoms with Crippen LogP contribution in [0.2, 0.25) is 0 Å². The number of hydrogen-bond donors (Lipinski definition) is 2. The lowest BCUT2D eigenvalue weighted by Gasteiger charge is -2.14. The van der Waals surface area contributed by atoms with Gasteiger partial charge < -0.3 is 10.4 Å². The van der Waals surface area contributed by atoms with E-state index in [4.69, 9.17) is 0 Å². The molecule has 1 fully saturated rings. The Kier molecular flexibility index (Phi) is 2.69. The summed E-state index contributed by atoms with van der Waals surface area (Å²) in [4.78, 5) is 0. The van der Waals surface area contributed by atoms with E-state index in [2.05, 4.69) is 19.2 Å². The van der Waals surface area contributed by atoms with Crippen LogP contribution in [-0.2, 0) is 0 Å². The molecule has 1 aliphatic heterocycles. The average Bonchev–Trinajstić information content (AvgIpc) is 2.15. The topological polar surface area (TPSA) is 32.3 Å². The van der Waals surface area contributed by atoms with E-state index in [1.165, 1.54) is 0 Å². The van der Waals surface area contributed by atoms with Gasteiger partial charge in [-0.05, 0) is 18.3 Å². The third-order valence-corrected chi connectivity index (χ3v) is 2.08. The van der Waals surface area contributed by atoms with Crippen LogP contribution >= 0.6 is 0 Å². The molecule has 60 valence electrons. The summed E-state index contributed by atoms with van der Waals surface area (Å²) in [6.07, 6.45) is 1.05. The maximum atomic E-state index is 9.38. The minimum absolute atomic E-state index is 0.0950. The number of rotatable bonds is 2. The summed E-state index contributed by atoms with van der Waals surface area (Å²) in [5.74, 6) is 1.21. The number of aliphatic hydroxyl groups is 1. The van der Waals surface area contributed by atoms with Gasteiger partial charge in [0.25, 0.3) is 0 Å². The first-order chi connectivity index (χ1) is 4.70. The molecule has 0 spiro atoms. The highest BCUT2D eigenvalue weighted by Gasteiger charge is 2.24. The van der Waals surface area contributed by atoms with Crippen LogP contribution in [0.5, 0.6) is 0 Å². The highest BCUT2D eigenvalue weighted by atomic mass is 16.3. The van der Waals surface area contributed by atoms with Crippen molar-refractivity contribution in [1.29, 1.82) is 0 Å². The molecule has 1 aliphatic rings. The maximum Gasteiger partial charge on any atom is 0.0704 e. The molecule has 1 saturated heterocycles. The molecule has 0 bridgehead atoms. The SMILES string of the molecule is CC(C)CC1CNCC1O. The van der Waals surface area contributed by atoms with Crippen molar-refractivity contribution < 1.29 is 5.11 Å². The van der Waals surface area contributed by atoms with Crippen molar-refractivity contribution in [1.82, 2.24) is 5.32 Å². The lowest BCUT2D eigenvalue weighted by Crippen LogP contribution is -2.19. The monoisotopic (exact) mass is 143 g/mol. The minimum Gasteiger partial charge on any atom is -0.391 e. The molecule has 0 aromatic carbocycles. The van der Waals surface area contributed by atoms with Gasteiger partial charge in [0, 0.05) is 13.1 Å². The first-order valence-electron chi connectivity index (χ1n) is 4.09. The molecular formula is C8H17NO. The fourth-order valence-electron chi connectivity index (χ4n) is 1.57. The molecule has 2 heteroatoms. The normalized spacial score (nSPS) is 33.6. The van der Waals surface area contributed by atoms with Gasteiger partial charge in [-0.3, -0.25) is 0 Å². The van der Waals surface area contributed by atoms with E-state index in [1.54, 1.807) is 0 Å². The zero-order chi connectivity index (χ0) is 7.56. The lowest BCUT2D eigenvalue weighted by molar-refractivity contribution is 0.135. The summed E-state index contributed by atoms with van der Waals surface area (Å²) < 4.78 is 0. The van der Waals surface area contributed by atoms with Crippen LogP contribution in [0.25, 0.3) is 0 Å². The second-order valence-corrected chi connectivity index (χ2v) is 3.62. The number of hydrogen-bond acceptors (Lipinski definition) is 2. The Bertz CT molecular complexity index is 103. The molecule has 0 radical (unpaired) electrons. The van der Waals surface area contributed by atoms with Gasteiger partial charge in [0.1, 0.15) is 0 Å². The molecule has 0 amide bonds. The van der Waals surface area contributed by atoms with E-state index in [-0.39, 0.29) is 6.10 Å². The van der Waals surface area contributed by atoms with Crippen molar-refractivity contribution in [3.05, 3.63) is 0 Å². The van der Waals surface area contributed by atoms with Crippen molar-refractivity contribution in [2.24, 2.45) is 11.8 Å². The van der Waals surface area contributed by atoms with Gasteiger partial charge in [-0.25, -0.2) is 0 Å². The smallest absolute Gasteiger partial charge is 0.0704 e. The largest absolute Gasteiger partial charge is 0.391 e. The first-order valence-corrected chi connectivity index (χ1v) is 4.09. The van der Waals surface area contributed by atoms with Gasteiger partial charge >= 0.3 is 0 Å². The average molecular weight is 143 g/mol. The summed E-state index contributed by atoms with van der Waals surface area (Å²) in [6, 6.07) is 0. The molecule has 0 aliphatic carbocycles. The molecule has 10 heavy (non-hydrogen) atoms. The predicted molar refractivity (Wildman–Crippen MR) is 41.8 cm³/mol. The van der Waals surface area contributed by atoms with Crippen molar-refractivity contribution in [2.45, 2.75) is 26.4 Å². The zero-order valence-electron chi connectivity index (χ0n) is 6.80. The Morgan fingerprint density at radius 1 is 1.50 bits per heavy atom. The van der Waals surface area contributed by atoms with Crippen LogP contribution in [0, 0.1) is 11.8 Å². The molecule has 2 nitrogen and oxygen atoms in total. The Morgan fingerprint density at radius 2 is 2.20 bits per heavy atom. The Morgan fingerprint density at radius 3 is 2.60 bits per heavy atom. The minimum atomic E-state index is -0.0950. The summed E-state index contributed by atoms with van der Waals surface area (Å²) in [5.41, 5.74) is 0. The second kappa shape index (κ2) is 3.35. The van der Waals surface area contributed by atoms with E-state index < -0.39 is 0 Å². The van der Waals surface area contributed by atoms with Crippen LogP contribution in [0.4, 0.5) is 0 Å². The molecule has 0 saturated carbocycles. The predicted octanol–water partition coefficient (Wildman–Crippen LogP) is 0.613. The van der Waals surface area contributed by atoms with Gasteiger partial charge in [0.05, 0.1) is 6.10 Å². The lowest BCUT2D eigenvalue weighted by atomic mass is 9.95. The molecule has 2 atom stereocenters. The van der Waals surface area contributed by atoms with E-state index in [9.17, 15) is 5.11 Å². The Labute approximate surface area is 62.6 Å². The van der Waals surface area contributed by atoms with Crippen LogP contribution < -0.4 is 5.32 Å². The molecular weight excluding hydrogens is 126 g/mol. The maximum absolute atomic E-state index is 9.38. The van der Waals surface area contributed by atoms with Crippen LogP contribution in [-0.4, -0.2) is 24.3 Å². The van der Waals surface area contributed by atoms with Gasteiger partial charge in [0.15, 0.2) is 0 Å². The Balaban J connectivity index is 2.26. The third kappa shape index (κ3) is 1.96. The fraction of sp³-hybridized carbons (Fsp3) is 1.00. The van der Waals surface area contributed by atoms with E-state index in [0.717, 1.165) is 19.5 Å². The van der Waals surface area contributed by atoms with Gasteiger partial charge in [-0.1, -0.05) is 13.8 Å². The van der Waals surface area contributed by atoms with Crippen molar-refractivity contribution in [2.75, 3.05) is 13.1 Å². The summed E-state index contributed by atoms with van der Waals surface area (Å²) in [7, 11) is 0. The Hall–Kier alpha value is -0.0800. The van der Waals surface area contributed by atoms with Gasteiger partial charge in [-0.2, -0.15) is 0 Å². The van der Waals surface area contributed by atoms with Crippen LogP contribution in [0.15, 0.2) is 0 Å². The summed E-state index contributed by atoms with van der Waals surface area (Å²) in [5, 5.41) is 12.6. The molecule has 2 unspecified atom stereocenters. The number of nitrogens with one attached hydrogen (secondary N) is 1. The molecule has 0 aromatic rings. The third-order valence-electron chi connectivity index (χ3n) is 2.08. The highest BCUT2D eigenvalue weighted by molar-refractivity contribution is 4.80. The van der Waals surface area contributed by atoms with Gasteiger partial charge in [0.2, 0.25) is 0 Å². The fourth-order valence-corrected chi connectivity index (χ4v) is 1.57. The molecule has 2 N–H and O–H groups in total. The summed E-state index contributed by atoms with van der Waals surface area (Å²) >= 11 is 0. The van der Waals surface area contributed by atoms with E-state index >= 15 is 0 Å². The molecule has 0 aromatic heterocycles. The highest BCUT2D eigenvalue weighted by Crippen LogP contribution is 2.17. The van der Waals surface area contributed by atoms with E-state index in [0.29, 0.717) is 11.8 Å². The summed E-state index contributed by atoms with van der Waals surface area (Å²) in [6.45, 7) is 6.19. The van der Waals surface area contributed by atoms with Gasteiger partial charge in [-0.15, -0.1) is 0 Å². The quantitative estimate of drug-likeness (QED) is 0.593. The zero-order valence-corrected chi connectivity index (χ0v) is 6.80. The van der Waals surface area contributed by atoms with Crippen LogP contribution in [0.3, 0.4) is 0 Å². The first kappa shape index (κ1) is 8.02. The number of aliphatic hydroxyl groups excluding tert-OH is 1. The van der Waals surface area contributed by atoms with E-state index in [1.807, 2.05) is 0 Å². The molecule has 1 heterocycles. The van der Waals surface area contributed by atoms with Crippen LogP contribution in [0.1, 0.15) is 20.3 Å². The number of β-amino-alcohol motifs (C(OH)–C–C–N with tert-alkyl or cyclic N) is 1. The van der Waals surface area contributed by atoms with Crippen molar-refractivity contribution >= 4 is 0 Å². The van der Waals surface area contributed by atoms with Crippen molar-refractivity contribution in [3.63, 3.8) is 0 Å². The second-order valence-electron chi connectivity index (χ2n) is 3.62. The molecule has 1 rings (SSSR count). The van der Waals surface area contributed by atoms with Crippen molar-refractivity contribution in [3.8, 4) is 0 Å². The standard InChI is InChI=1S/C8H17NO/c1-6(2)3-7-4-9-5-8(7)10/h6-10H,3-5H2,1-2H3.